The van der Waals surface area contributed by atoms with E-state index in [1.54, 1.807) is 17.0 Å². The van der Waals surface area contributed by atoms with Gasteiger partial charge in [-0.25, -0.2) is 23.7 Å². The molecule has 1 atom stereocenters. The fourth-order valence-corrected chi connectivity index (χ4v) is 5.12. The number of aromatic nitrogens is 4. The van der Waals surface area contributed by atoms with Crippen molar-refractivity contribution in [2.45, 2.75) is 50.1 Å². The maximum Gasteiger partial charge on any atom is 0.242 e. The highest BCUT2D eigenvalue weighted by Gasteiger charge is 2.43. The summed E-state index contributed by atoms with van der Waals surface area (Å²) in [5.41, 5.74) is 14.5. The van der Waals surface area contributed by atoms with Gasteiger partial charge in [0, 0.05) is 55.6 Å². The van der Waals surface area contributed by atoms with Gasteiger partial charge in [-0.1, -0.05) is 0 Å². The summed E-state index contributed by atoms with van der Waals surface area (Å²) >= 11 is 0. The molecule has 3 fully saturated rings. The fraction of sp³-hybridized carbons (Fsp3) is 0.500. The highest BCUT2D eigenvalue weighted by atomic mass is 19.1. The number of carbonyl (C=O) groups excluding carboxylic acids is 1. The highest BCUT2D eigenvalue weighted by Crippen LogP contribution is 2.34. The van der Waals surface area contributed by atoms with E-state index in [-0.39, 0.29) is 49.8 Å². The summed E-state index contributed by atoms with van der Waals surface area (Å²) in [5.74, 6) is -0.236. The minimum atomic E-state index is -1.02. The second kappa shape index (κ2) is 8.63. The van der Waals surface area contributed by atoms with Gasteiger partial charge in [0.1, 0.15) is 29.4 Å². The van der Waals surface area contributed by atoms with Crippen LogP contribution in [-0.2, 0) is 17.9 Å². The van der Waals surface area contributed by atoms with Crippen molar-refractivity contribution in [3.05, 3.63) is 41.7 Å². The number of imidazole rings is 1. The third kappa shape index (κ3) is 4.13. The number of likely N-dealkylation sites (tertiary alicyclic amines) is 1. The van der Waals surface area contributed by atoms with Gasteiger partial charge in [0.15, 0.2) is 11.5 Å². The zero-order valence-corrected chi connectivity index (χ0v) is 19.8. The number of anilines is 2. The molecule has 2 aromatic heterocycles. The molecule has 10 nitrogen and oxygen atoms in total. The second-order valence-corrected chi connectivity index (χ2v) is 10.2. The molecule has 1 aliphatic carbocycles. The first kappa shape index (κ1) is 23.0. The second-order valence-electron chi connectivity index (χ2n) is 10.2. The van der Waals surface area contributed by atoms with Crippen LogP contribution < -0.4 is 21.7 Å². The summed E-state index contributed by atoms with van der Waals surface area (Å²) in [7, 11) is 0. The first-order chi connectivity index (χ1) is 17.3. The Balaban J connectivity index is 1.36. The Kier molecular flexibility index (Phi) is 5.52. The number of alkyl halides is 1. The van der Waals surface area contributed by atoms with Crippen molar-refractivity contribution in [2.24, 2.45) is 5.73 Å². The molecule has 0 spiro atoms. The van der Waals surface area contributed by atoms with Crippen LogP contribution >= 0.6 is 0 Å². The summed E-state index contributed by atoms with van der Waals surface area (Å²) in [6.45, 7) is 1.98. The average molecular weight is 498 g/mol. The molecule has 4 heterocycles. The predicted molar refractivity (Wildman–Crippen MR) is 130 cm³/mol. The third-order valence-electron chi connectivity index (χ3n) is 7.41. The first-order valence-electron chi connectivity index (χ1n) is 12.2. The molecular weight excluding hydrogens is 468 g/mol. The third-order valence-corrected chi connectivity index (χ3v) is 7.41. The topological polar surface area (TPSA) is 131 Å². The molecule has 3 aliphatic rings. The fourth-order valence-electron chi connectivity index (χ4n) is 5.12. The van der Waals surface area contributed by atoms with E-state index in [0.29, 0.717) is 36.2 Å². The van der Waals surface area contributed by atoms with Crippen molar-refractivity contribution >= 4 is 28.6 Å². The van der Waals surface area contributed by atoms with E-state index < -0.39 is 11.7 Å². The summed E-state index contributed by atoms with van der Waals surface area (Å²) in [5, 5.41) is 3.02. The lowest BCUT2D eigenvalue weighted by atomic mass is 9.98. The SMILES string of the molecule is Nc1ncnc2c1ncn2Cc1c(N2CCC(N)(C(=O)NC3CC3)C2)ccc(F)c1CN1CC(F)C1. The van der Waals surface area contributed by atoms with E-state index in [1.807, 2.05) is 9.80 Å². The number of nitrogen functional groups attached to an aromatic ring is 1. The molecule has 0 bridgehead atoms. The number of fused-ring (bicyclic) bond motifs is 1. The molecule has 1 unspecified atom stereocenters. The number of nitrogens with one attached hydrogen (secondary N) is 1. The minimum Gasteiger partial charge on any atom is -0.382 e. The lowest BCUT2D eigenvalue weighted by Gasteiger charge is -2.35. The Bertz CT molecular complexity index is 1320. The van der Waals surface area contributed by atoms with Gasteiger partial charge < -0.3 is 26.3 Å². The molecular formula is C24H29F2N9O. The Morgan fingerprint density at radius 1 is 1.17 bits per heavy atom. The lowest BCUT2D eigenvalue weighted by molar-refractivity contribution is -0.125. The van der Waals surface area contributed by atoms with Gasteiger partial charge in [0.05, 0.1) is 12.9 Å². The highest BCUT2D eigenvalue weighted by molar-refractivity contribution is 5.88. The van der Waals surface area contributed by atoms with Crippen molar-refractivity contribution < 1.29 is 13.6 Å². The Morgan fingerprint density at radius 3 is 2.72 bits per heavy atom. The van der Waals surface area contributed by atoms with E-state index in [4.69, 9.17) is 11.5 Å². The van der Waals surface area contributed by atoms with E-state index >= 15 is 4.39 Å². The Hall–Kier alpha value is -3.38. The summed E-state index contributed by atoms with van der Waals surface area (Å²) in [4.78, 5) is 29.4. The molecule has 3 aromatic rings. The van der Waals surface area contributed by atoms with Crippen molar-refractivity contribution in [2.75, 3.05) is 36.8 Å². The largest absolute Gasteiger partial charge is 0.382 e. The van der Waals surface area contributed by atoms with Crippen LogP contribution in [0.3, 0.4) is 0 Å². The van der Waals surface area contributed by atoms with E-state index in [2.05, 4.69) is 20.3 Å². The summed E-state index contributed by atoms with van der Waals surface area (Å²) in [6.07, 6.45) is 4.55. The van der Waals surface area contributed by atoms with Crippen LogP contribution in [0.2, 0.25) is 0 Å². The average Bonchev–Trinajstić information content (AvgIpc) is 3.40. The number of halogens is 2. The molecule has 5 N–H and O–H groups in total. The first-order valence-corrected chi connectivity index (χ1v) is 12.2. The Labute approximate surface area is 206 Å². The number of amides is 1. The van der Waals surface area contributed by atoms with Crippen molar-refractivity contribution in [3.63, 3.8) is 0 Å². The van der Waals surface area contributed by atoms with Gasteiger partial charge in [-0.2, -0.15) is 0 Å². The summed E-state index contributed by atoms with van der Waals surface area (Å²) in [6, 6.07) is 3.39. The van der Waals surface area contributed by atoms with Gasteiger partial charge >= 0.3 is 0 Å². The van der Waals surface area contributed by atoms with Gasteiger partial charge in [-0.3, -0.25) is 9.69 Å². The van der Waals surface area contributed by atoms with Gasteiger partial charge in [-0.05, 0) is 31.4 Å². The molecule has 36 heavy (non-hydrogen) atoms. The molecule has 12 heteroatoms. The molecule has 1 saturated carbocycles. The van der Waals surface area contributed by atoms with Crippen LogP contribution in [0.1, 0.15) is 30.4 Å². The normalized spacial score (nSPS) is 22.8. The number of hydrogen-bond acceptors (Lipinski definition) is 8. The van der Waals surface area contributed by atoms with Crippen LogP contribution in [-0.4, -0.2) is 74.3 Å². The molecule has 0 radical (unpaired) electrons. The summed E-state index contributed by atoms with van der Waals surface area (Å²) < 4.78 is 30.6. The van der Waals surface area contributed by atoms with Gasteiger partial charge in [-0.15, -0.1) is 0 Å². The molecule has 2 saturated heterocycles. The van der Waals surface area contributed by atoms with Crippen LogP contribution in [0, 0.1) is 5.82 Å². The molecule has 6 rings (SSSR count). The zero-order valence-electron chi connectivity index (χ0n) is 19.8. The molecule has 1 amide bonds. The number of carbonyl (C=O) groups is 1. The van der Waals surface area contributed by atoms with Crippen LogP contribution in [0.25, 0.3) is 11.2 Å². The monoisotopic (exact) mass is 497 g/mol. The van der Waals surface area contributed by atoms with Crippen molar-refractivity contribution in [1.29, 1.82) is 0 Å². The van der Waals surface area contributed by atoms with Gasteiger partial charge in [0.25, 0.3) is 0 Å². The number of nitrogens with two attached hydrogens (primary N) is 2. The maximum atomic E-state index is 15.3. The Morgan fingerprint density at radius 2 is 1.97 bits per heavy atom. The number of benzene rings is 1. The van der Waals surface area contributed by atoms with Crippen LogP contribution in [0.4, 0.5) is 20.3 Å². The minimum absolute atomic E-state index is 0.140. The molecule has 1 aromatic carbocycles. The van der Waals surface area contributed by atoms with E-state index in [1.165, 1.54) is 12.4 Å². The maximum absolute atomic E-state index is 15.3. The zero-order chi connectivity index (χ0) is 25.0. The number of nitrogens with zero attached hydrogens (tertiary/aromatic N) is 6. The quantitative estimate of drug-likeness (QED) is 0.440. The van der Waals surface area contributed by atoms with Crippen molar-refractivity contribution in [1.82, 2.24) is 29.7 Å². The van der Waals surface area contributed by atoms with E-state index in [0.717, 1.165) is 24.1 Å². The molecule has 190 valence electrons. The van der Waals surface area contributed by atoms with Crippen molar-refractivity contribution in [3.8, 4) is 0 Å². The number of hydrogen-bond donors (Lipinski definition) is 3. The van der Waals surface area contributed by atoms with Gasteiger partial charge in [0.2, 0.25) is 5.91 Å². The number of rotatable bonds is 7. The van der Waals surface area contributed by atoms with Crippen LogP contribution in [0.15, 0.2) is 24.8 Å². The smallest absolute Gasteiger partial charge is 0.242 e. The standard InChI is InChI=1S/C24H29F2N9O/c25-14-7-33(8-14)9-16-17(10-35-13-31-20-21(27)29-12-30-22(20)35)19(4-3-18(16)26)34-6-5-24(28,11-34)23(36)32-15-1-2-15/h3-4,12-15H,1-2,5-11,28H2,(H,32,36)(H2,27,29,30). The van der Waals surface area contributed by atoms with E-state index in [9.17, 15) is 9.18 Å². The predicted octanol–water partition coefficient (Wildman–Crippen LogP) is 0.936. The molecule has 2 aliphatic heterocycles. The van der Waals surface area contributed by atoms with Crippen LogP contribution in [0.5, 0.6) is 0 Å². The lowest BCUT2D eigenvalue weighted by Crippen LogP contribution is -2.56.